The van der Waals surface area contributed by atoms with E-state index in [1.165, 1.54) is 18.1 Å². The van der Waals surface area contributed by atoms with Gasteiger partial charge >= 0.3 is 6.09 Å². The van der Waals surface area contributed by atoms with Crippen LogP contribution in [0.5, 0.6) is 0 Å². The van der Waals surface area contributed by atoms with Crippen LogP contribution in [-0.4, -0.2) is 26.2 Å². The van der Waals surface area contributed by atoms with Gasteiger partial charge in [-0.05, 0) is 52.7 Å². The van der Waals surface area contributed by atoms with Gasteiger partial charge in [0.15, 0.2) is 0 Å². The molecule has 6 heteroatoms. The van der Waals surface area contributed by atoms with Crippen LogP contribution in [0.1, 0.15) is 5.56 Å². The highest BCUT2D eigenvalue weighted by Gasteiger charge is 2.10. The Morgan fingerprint density at radius 3 is 2.55 bits per heavy atom. The highest BCUT2D eigenvalue weighted by molar-refractivity contribution is 7.08. The van der Waals surface area contributed by atoms with Crippen molar-refractivity contribution in [1.29, 1.82) is 0 Å². The molecule has 2 aromatic rings. The summed E-state index contributed by atoms with van der Waals surface area (Å²) in [6.45, 7) is 0. The Labute approximate surface area is 132 Å². The summed E-state index contributed by atoms with van der Waals surface area (Å²) < 4.78 is 4.64. The molecule has 0 saturated heterocycles. The SMILES string of the molecule is COC(=O)N(C)c1ccc(NC(=O)/C=C/c2ccsc2)cc1. The lowest BCUT2D eigenvalue weighted by molar-refractivity contribution is -0.111. The number of carbonyl (C=O) groups is 2. The van der Waals surface area contributed by atoms with Gasteiger partial charge in [0.2, 0.25) is 5.91 Å². The standard InChI is InChI=1S/C16H16N2O3S/c1-18(16(20)21-2)14-6-4-13(5-7-14)17-15(19)8-3-12-9-10-22-11-12/h3-11H,1-2H3,(H,17,19)/b8-3+. The van der Waals surface area contributed by atoms with E-state index in [-0.39, 0.29) is 5.91 Å². The second-order valence-electron chi connectivity index (χ2n) is 4.46. The van der Waals surface area contributed by atoms with Gasteiger partial charge in [-0.1, -0.05) is 0 Å². The molecule has 2 amide bonds. The Morgan fingerprint density at radius 2 is 1.95 bits per heavy atom. The average molecular weight is 316 g/mol. The molecule has 1 aromatic carbocycles. The second kappa shape index (κ2) is 7.42. The lowest BCUT2D eigenvalue weighted by atomic mass is 10.2. The summed E-state index contributed by atoms with van der Waals surface area (Å²) in [7, 11) is 2.94. The molecule has 1 aromatic heterocycles. The number of anilines is 2. The van der Waals surface area contributed by atoms with E-state index < -0.39 is 6.09 Å². The molecule has 2 rings (SSSR count). The molecule has 0 radical (unpaired) electrons. The van der Waals surface area contributed by atoms with E-state index in [1.54, 1.807) is 48.7 Å². The average Bonchev–Trinajstić information content (AvgIpc) is 3.05. The molecule has 0 bridgehead atoms. The van der Waals surface area contributed by atoms with Crippen LogP contribution < -0.4 is 10.2 Å². The predicted molar refractivity (Wildman–Crippen MR) is 89.2 cm³/mol. The number of methoxy groups -OCH3 is 1. The van der Waals surface area contributed by atoms with E-state index in [0.717, 1.165) is 5.56 Å². The molecule has 0 saturated carbocycles. The predicted octanol–water partition coefficient (Wildman–Crippen LogP) is 3.60. The van der Waals surface area contributed by atoms with E-state index in [1.807, 2.05) is 16.8 Å². The van der Waals surface area contributed by atoms with Crippen molar-refractivity contribution in [1.82, 2.24) is 0 Å². The van der Waals surface area contributed by atoms with Gasteiger partial charge in [0, 0.05) is 24.5 Å². The molecule has 5 nitrogen and oxygen atoms in total. The molecular formula is C16H16N2O3S. The van der Waals surface area contributed by atoms with Crippen molar-refractivity contribution >= 4 is 40.8 Å². The minimum absolute atomic E-state index is 0.208. The Kier molecular flexibility index (Phi) is 5.32. The van der Waals surface area contributed by atoms with E-state index in [2.05, 4.69) is 10.1 Å². The van der Waals surface area contributed by atoms with Gasteiger partial charge in [0.25, 0.3) is 0 Å². The van der Waals surface area contributed by atoms with Gasteiger partial charge in [-0.15, -0.1) is 0 Å². The first-order chi connectivity index (χ1) is 10.6. The Balaban J connectivity index is 1.96. The highest BCUT2D eigenvalue weighted by Crippen LogP contribution is 2.17. The van der Waals surface area contributed by atoms with Crippen molar-refractivity contribution < 1.29 is 14.3 Å². The normalized spacial score (nSPS) is 10.5. The summed E-state index contributed by atoms with van der Waals surface area (Å²) >= 11 is 1.58. The third kappa shape index (κ3) is 4.20. The number of carbonyl (C=O) groups excluding carboxylic acids is 2. The number of amides is 2. The lowest BCUT2D eigenvalue weighted by Crippen LogP contribution is -2.25. The smallest absolute Gasteiger partial charge is 0.413 e. The van der Waals surface area contributed by atoms with Gasteiger partial charge in [-0.3, -0.25) is 9.69 Å². The van der Waals surface area contributed by atoms with E-state index >= 15 is 0 Å². The van der Waals surface area contributed by atoms with E-state index in [9.17, 15) is 9.59 Å². The van der Waals surface area contributed by atoms with Crippen LogP contribution in [0.15, 0.2) is 47.2 Å². The number of benzene rings is 1. The zero-order chi connectivity index (χ0) is 15.9. The molecule has 1 heterocycles. The first-order valence-electron chi connectivity index (χ1n) is 6.53. The molecule has 114 valence electrons. The number of thiophene rings is 1. The van der Waals surface area contributed by atoms with Crippen molar-refractivity contribution in [3.63, 3.8) is 0 Å². The van der Waals surface area contributed by atoms with E-state index in [0.29, 0.717) is 11.4 Å². The molecule has 0 unspecified atom stereocenters. The Bertz CT molecular complexity index is 663. The number of hydrogen-bond acceptors (Lipinski definition) is 4. The van der Waals surface area contributed by atoms with E-state index in [4.69, 9.17) is 0 Å². The van der Waals surface area contributed by atoms with Gasteiger partial charge in [-0.2, -0.15) is 11.3 Å². The third-order valence-electron chi connectivity index (χ3n) is 2.94. The summed E-state index contributed by atoms with van der Waals surface area (Å²) in [6.07, 6.45) is 2.79. The summed E-state index contributed by atoms with van der Waals surface area (Å²) in [4.78, 5) is 24.6. The molecular weight excluding hydrogens is 300 g/mol. The number of nitrogens with zero attached hydrogens (tertiary/aromatic N) is 1. The highest BCUT2D eigenvalue weighted by atomic mass is 32.1. The molecule has 0 aliphatic heterocycles. The number of rotatable bonds is 4. The van der Waals surface area contributed by atoms with Crippen LogP contribution in [-0.2, 0) is 9.53 Å². The van der Waals surface area contributed by atoms with Gasteiger partial charge in [0.05, 0.1) is 7.11 Å². The maximum absolute atomic E-state index is 11.8. The number of ether oxygens (including phenoxy) is 1. The molecule has 0 fully saturated rings. The van der Waals surface area contributed by atoms with Crippen molar-refractivity contribution in [3.05, 3.63) is 52.7 Å². The fourth-order valence-corrected chi connectivity index (χ4v) is 2.36. The molecule has 0 aliphatic rings. The van der Waals surface area contributed by atoms with Crippen LogP contribution in [0.2, 0.25) is 0 Å². The molecule has 0 aliphatic carbocycles. The summed E-state index contributed by atoms with van der Waals surface area (Å²) in [5, 5.41) is 6.67. The van der Waals surface area contributed by atoms with Gasteiger partial charge in [0.1, 0.15) is 0 Å². The molecule has 0 atom stereocenters. The minimum atomic E-state index is -0.449. The largest absolute Gasteiger partial charge is 0.452 e. The third-order valence-corrected chi connectivity index (χ3v) is 3.64. The van der Waals surface area contributed by atoms with Crippen LogP contribution in [0, 0.1) is 0 Å². The minimum Gasteiger partial charge on any atom is -0.452 e. The summed E-state index contributed by atoms with van der Waals surface area (Å²) in [6, 6.07) is 8.85. The zero-order valence-electron chi connectivity index (χ0n) is 12.3. The first-order valence-corrected chi connectivity index (χ1v) is 7.47. The fraction of sp³-hybridized carbons (Fsp3) is 0.125. The van der Waals surface area contributed by atoms with Crippen LogP contribution in [0.25, 0.3) is 6.08 Å². The van der Waals surface area contributed by atoms with Crippen molar-refractivity contribution in [3.8, 4) is 0 Å². The first kappa shape index (κ1) is 15.8. The van der Waals surface area contributed by atoms with Gasteiger partial charge < -0.3 is 10.1 Å². The molecule has 1 N–H and O–H groups in total. The van der Waals surface area contributed by atoms with Gasteiger partial charge in [-0.25, -0.2) is 4.79 Å². The van der Waals surface area contributed by atoms with Crippen molar-refractivity contribution in [2.24, 2.45) is 0 Å². The molecule has 22 heavy (non-hydrogen) atoms. The molecule has 0 spiro atoms. The Hall–Kier alpha value is -2.60. The maximum Gasteiger partial charge on any atom is 0.413 e. The fourth-order valence-electron chi connectivity index (χ4n) is 1.74. The van der Waals surface area contributed by atoms with Crippen LogP contribution in [0.4, 0.5) is 16.2 Å². The lowest BCUT2D eigenvalue weighted by Gasteiger charge is -2.15. The zero-order valence-corrected chi connectivity index (χ0v) is 13.1. The summed E-state index contributed by atoms with van der Waals surface area (Å²) in [5.41, 5.74) is 2.33. The maximum atomic E-state index is 11.8. The topological polar surface area (TPSA) is 58.6 Å². The van der Waals surface area contributed by atoms with Crippen LogP contribution >= 0.6 is 11.3 Å². The quantitative estimate of drug-likeness (QED) is 0.877. The van der Waals surface area contributed by atoms with Crippen molar-refractivity contribution in [2.45, 2.75) is 0 Å². The second-order valence-corrected chi connectivity index (χ2v) is 5.24. The summed E-state index contributed by atoms with van der Waals surface area (Å²) in [5.74, 6) is -0.208. The monoisotopic (exact) mass is 316 g/mol. The number of hydrogen-bond donors (Lipinski definition) is 1. The Morgan fingerprint density at radius 1 is 1.23 bits per heavy atom. The number of nitrogens with one attached hydrogen (secondary N) is 1. The van der Waals surface area contributed by atoms with Crippen molar-refractivity contribution in [2.75, 3.05) is 24.4 Å². The van der Waals surface area contributed by atoms with Crippen LogP contribution in [0.3, 0.4) is 0 Å².